The summed E-state index contributed by atoms with van der Waals surface area (Å²) in [5.74, 6) is 0.740. The molecule has 0 unspecified atom stereocenters. The predicted octanol–water partition coefficient (Wildman–Crippen LogP) is 4.45. The fourth-order valence-electron chi connectivity index (χ4n) is 2.05. The smallest absolute Gasteiger partial charge is 0.337 e. The molecule has 0 saturated carbocycles. The molecule has 110 valence electrons. The van der Waals surface area contributed by atoms with E-state index in [1.807, 2.05) is 12.1 Å². The molecule has 0 aliphatic heterocycles. The lowest BCUT2D eigenvalue weighted by Crippen LogP contribution is -2.00. The molecule has 0 saturated heterocycles. The van der Waals surface area contributed by atoms with E-state index in [0.717, 1.165) is 11.1 Å². The predicted molar refractivity (Wildman–Crippen MR) is 83.7 cm³/mol. The van der Waals surface area contributed by atoms with E-state index in [1.54, 1.807) is 42.6 Å². The Morgan fingerprint density at radius 1 is 1.14 bits per heavy atom. The second kappa shape index (κ2) is 6.03. The van der Waals surface area contributed by atoms with Crippen LogP contribution in [0.15, 0.2) is 59.1 Å². The molecule has 2 aromatic carbocycles. The number of hydrogen-bond donors (Lipinski definition) is 0. The van der Waals surface area contributed by atoms with E-state index in [1.165, 1.54) is 7.11 Å². The van der Waals surface area contributed by atoms with E-state index in [0.29, 0.717) is 22.2 Å². The third kappa shape index (κ3) is 2.87. The van der Waals surface area contributed by atoms with E-state index in [4.69, 9.17) is 16.0 Å². The van der Waals surface area contributed by atoms with Gasteiger partial charge in [-0.2, -0.15) is 0 Å². The average Bonchev–Trinajstić information content (AvgIpc) is 3.04. The first-order valence-corrected chi connectivity index (χ1v) is 6.95. The van der Waals surface area contributed by atoms with Crippen molar-refractivity contribution < 1.29 is 13.9 Å². The minimum absolute atomic E-state index is 0.372. The summed E-state index contributed by atoms with van der Waals surface area (Å²) in [6.45, 7) is 0. The lowest BCUT2D eigenvalue weighted by molar-refractivity contribution is 0.0601. The molecule has 0 aliphatic carbocycles. The molecule has 0 radical (unpaired) electrons. The molecule has 0 spiro atoms. The fourth-order valence-corrected chi connectivity index (χ4v) is 2.24. The molecule has 1 heterocycles. The summed E-state index contributed by atoms with van der Waals surface area (Å²) in [6.07, 6.45) is 1.64. The van der Waals surface area contributed by atoms with Crippen LogP contribution in [-0.4, -0.2) is 18.1 Å². The van der Waals surface area contributed by atoms with Crippen molar-refractivity contribution in [3.8, 4) is 22.8 Å². The summed E-state index contributed by atoms with van der Waals surface area (Å²) < 4.78 is 10.4. The number of carbonyl (C=O) groups is 1. The van der Waals surface area contributed by atoms with Crippen molar-refractivity contribution in [3.05, 3.63) is 65.3 Å². The number of benzene rings is 2. The largest absolute Gasteiger partial charge is 0.465 e. The van der Waals surface area contributed by atoms with Crippen molar-refractivity contribution in [1.82, 2.24) is 4.98 Å². The maximum Gasteiger partial charge on any atom is 0.337 e. The molecule has 5 heteroatoms. The van der Waals surface area contributed by atoms with Gasteiger partial charge < -0.3 is 9.15 Å². The molecule has 3 rings (SSSR count). The summed E-state index contributed by atoms with van der Waals surface area (Å²) in [6, 6.07) is 14.2. The van der Waals surface area contributed by atoms with Gasteiger partial charge in [0.05, 0.1) is 18.9 Å². The van der Waals surface area contributed by atoms with Crippen LogP contribution in [-0.2, 0) is 4.74 Å². The number of oxazole rings is 1. The van der Waals surface area contributed by atoms with Crippen molar-refractivity contribution in [2.24, 2.45) is 0 Å². The van der Waals surface area contributed by atoms with E-state index in [9.17, 15) is 4.79 Å². The number of aromatic nitrogens is 1. The molecule has 0 bridgehead atoms. The second-order valence-corrected chi connectivity index (χ2v) is 5.05. The van der Waals surface area contributed by atoms with E-state index in [-0.39, 0.29) is 5.97 Å². The molecular formula is C17H12ClNO3. The van der Waals surface area contributed by atoms with Crippen LogP contribution >= 0.6 is 11.6 Å². The van der Waals surface area contributed by atoms with E-state index in [2.05, 4.69) is 9.72 Å². The standard InChI is InChI=1S/C17H12ClNO3/c1-21-17(20)12-7-5-11(6-8-12)15-10-19-16(22-15)13-3-2-4-14(18)9-13/h2-10H,1H3. The van der Waals surface area contributed by atoms with Crippen molar-refractivity contribution in [1.29, 1.82) is 0 Å². The highest BCUT2D eigenvalue weighted by Gasteiger charge is 2.10. The molecule has 0 N–H and O–H groups in total. The van der Waals surface area contributed by atoms with Gasteiger partial charge in [-0.05, 0) is 30.3 Å². The maximum atomic E-state index is 11.4. The molecule has 0 amide bonds. The lowest BCUT2D eigenvalue weighted by Gasteiger charge is -2.00. The van der Waals surface area contributed by atoms with Crippen molar-refractivity contribution in [3.63, 3.8) is 0 Å². The monoisotopic (exact) mass is 313 g/mol. The van der Waals surface area contributed by atoms with E-state index >= 15 is 0 Å². The highest BCUT2D eigenvalue weighted by molar-refractivity contribution is 6.30. The first kappa shape index (κ1) is 14.4. The van der Waals surface area contributed by atoms with Gasteiger partial charge in [-0.3, -0.25) is 0 Å². The summed E-state index contributed by atoms with van der Waals surface area (Å²) >= 11 is 5.97. The Morgan fingerprint density at radius 2 is 1.91 bits per heavy atom. The van der Waals surface area contributed by atoms with Crippen molar-refractivity contribution >= 4 is 17.6 Å². The van der Waals surface area contributed by atoms with Gasteiger partial charge in [0.15, 0.2) is 5.76 Å². The Hall–Kier alpha value is -2.59. The van der Waals surface area contributed by atoms with Gasteiger partial charge in [0.1, 0.15) is 0 Å². The first-order valence-electron chi connectivity index (χ1n) is 6.58. The zero-order valence-corrected chi connectivity index (χ0v) is 12.5. The molecule has 4 nitrogen and oxygen atoms in total. The third-order valence-electron chi connectivity index (χ3n) is 3.17. The number of methoxy groups -OCH3 is 1. The second-order valence-electron chi connectivity index (χ2n) is 4.61. The van der Waals surface area contributed by atoms with E-state index < -0.39 is 0 Å². The molecule has 0 fully saturated rings. The van der Waals surface area contributed by atoms with Gasteiger partial charge in [0.25, 0.3) is 0 Å². The molecule has 3 aromatic rings. The number of nitrogens with zero attached hydrogens (tertiary/aromatic N) is 1. The van der Waals surface area contributed by atoms with Crippen LogP contribution < -0.4 is 0 Å². The quantitative estimate of drug-likeness (QED) is 0.670. The number of ether oxygens (including phenoxy) is 1. The number of esters is 1. The Labute approximate surface area is 132 Å². The number of carbonyl (C=O) groups excluding carboxylic acids is 1. The molecular weight excluding hydrogens is 302 g/mol. The van der Waals surface area contributed by atoms with Gasteiger partial charge in [-0.15, -0.1) is 0 Å². The van der Waals surface area contributed by atoms with Crippen LogP contribution in [0, 0.1) is 0 Å². The van der Waals surface area contributed by atoms with Crippen LogP contribution in [0.1, 0.15) is 10.4 Å². The lowest BCUT2D eigenvalue weighted by atomic mass is 10.1. The van der Waals surface area contributed by atoms with Gasteiger partial charge in [0.2, 0.25) is 5.89 Å². The zero-order valence-electron chi connectivity index (χ0n) is 11.7. The Balaban J connectivity index is 1.89. The summed E-state index contributed by atoms with van der Waals surface area (Å²) in [5, 5.41) is 0.625. The number of halogens is 1. The Bertz CT molecular complexity index is 809. The molecule has 0 atom stereocenters. The third-order valence-corrected chi connectivity index (χ3v) is 3.40. The highest BCUT2D eigenvalue weighted by Crippen LogP contribution is 2.27. The Kier molecular flexibility index (Phi) is 3.94. The Morgan fingerprint density at radius 3 is 2.59 bits per heavy atom. The van der Waals surface area contributed by atoms with Gasteiger partial charge in [-0.1, -0.05) is 29.8 Å². The fraction of sp³-hybridized carbons (Fsp3) is 0.0588. The maximum absolute atomic E-state index is 11.4. The molecule has 0 aliphatic rings. The summed E-state index contributed by atoms with van der Waals surface area (Å²) in [7, 11) is 1.35. The minimum Gasteiger partial charge on any atom is -0.465 e. The van der Waals surface area contributed by atoms with Crippen LogP contribution in [0.2, 0.25) is 5.02 Å². The van der Waals surface area contributed by atoms with Crippen molar-refractivity contribution in [2.45, 2.75) is 0 Å². The summed E-state index contributed by atoms with van der Waals surface area (Å²) in [4.78, 5) is 15.7. The number of hydrogen-bond acceptors (Lipinski definition) is 4. The first-order chi connectivity index (χ1) is 10.7. The normalized spacial score (nSPS) is 10.5. The van der Waals surface area contributed by atoms with Gasteiger partial charge in [0, 0.05) is 16.1 Å². The molecule has 22 heavy (non-hydrogen) atoms. The van der Waals surface area contributed by atoms with Crippen LogP contribution in [0.3, 0.4) is 0 Å². The van der Waals surface area contributed by atoms with Crippen LogP contribution in [0.5, 0.6) is 0 Å². The van der Waals surface area contributed by atoms with Crippen molar-refractivity contribution in [2.75, 3.05) is 7.11 Å². The zero-order chi connectivity index (χ0) is 15.5. The average molecular weight is 314 g/mol. The summed E-state index contributed by atoms with van der Waals surface area (Å²) in [5.41, 5.74) is 2.12. The van der Waals surface area contributed by atoms with Gasteiger partial charge in [-0.25, -0.2) is 9.78 Å². The number of rotatable bonds is 3. The SMILES string of the molecule is COC(=O)c1ccc(-c2cnc(-c3cccc(Cl)c3)o2)cc1. The topological polar surface area (TPSA) is 52.3 Å². The van der Waals surface area contributed by atoms with Crippen LogP contribution in [0.4, 0.5) is 0 Å². The van der Waals surface area contributed by atoms with Crippen LogP contribution in [0.25, 0.3) is 22.8 Å². The minimum atomic E-state index is -0.372. The molecule has 1 aromatic heterocycles. The van der Waals surface area contributed by atoms with Gasteiger partial charge >= 0.3 is 5.97 Å². The highest BCUT2D eigenvalue weighted by atomic mass is 35.5.